The average molecular weight is 348 g/mol. The Morgan fingerprint density at radius 3 is 1.95 bits per heavy atom. The zero-order valence-corrected chi connectivity index (χ0v) is 12.8. The van der Waals surface area contributed by atoms with Crippen molar-refractivity contribution in [2.75, 3.05) is 6.61 Å². The third-order valence-corrected chi connectivity index (χ3v) is 5.00. The molecule has 0 heterocycles. The Labute approximate surface area is 126 Å². The van der Waals surface area contributed by atoms with Crippen molar-refractivity contribution in [3.63, 3.8) is 0 Å². The molecule has 0 aliphatic carbocycles. The molecule has 0 bridgehead atoms. The Bertz CT molecular complexity index is 945. The van der Waals surface area contributed by atoms with Crippen LogP contribution in [0, 0.1) is 0 Å². The van der Waals surface area contributed by atoms with Gasteiger partial charge in [0.1, 0.15) is 11.5 Å². The number of phenols is 2. The van der Waals surface area contributed by atoms with Crippen molar-refractivity contribution in [2.24, 2.45) is 0 Å². The fraction of sp³-hybridized carbons (Fsp3) is 0.167. The van der Waals surface area contributed by atoms with Crippen LogP contribution >= 0.6 is 0 Å². The van der Waals surface area contributed by atoms with Gasteiger partial charge in [-0.15, -0.1) is 0 Å². The third kappa shape index (κ3) is 2.99. The molecule has 0 fully saturated rings. The summed E-state index contributed by atoms with van der Waals surface area (Å²) in [7, 11) is -8.75. The Kier molecular flexibility index (Phi) is 4.04. The molecule has 10 heteroatoms. The van der Waals surface area contributed by atoms with Crippen molar-refractivity contribution < 1.29 is 35.8 Å². The monoisotopic (exact) mass is 348 g/mol. The molecule has 0 radical (unpaired) electrons. The lowest BCUT2D eigenvalue weighted by Crippen LogP contribution is -2.06. The normalized spacial score (nSPS) is 12.6. The summed E-state index contributed by atoms with van der Waals surface area (Å²) in [5, 5.41) is 19.4. The summed E-state index contributed by atoms with van der Waals surface area (Å²) in [6.45, 7) is 1.33. The van der Waals surface area contributed by atoms with Gasteiger partial charge in [-0.25, -0.2) is 0 Å². The van der Waals surface area contributed by atoms with Crippen molar-refractivity contribution in [3.8, 4) is 11.5 Å². The topological polar surface area (TPSA) is 138 Å². The minimum absolute atomic E-state index is 0.0918. The van der Waals surface area contributed by atoms with E-state index in [1.165, 1.54) is 6.92 Å². The van der Waals surface area contributed by atoms with Gasteiger partial charge in [0.05, 0.1) is 21.8 Å². The Morgan fingerprint density at radius 2 is 1.45 bits per heavy atom. The maximum Gasteiger partial charge on any atom is 0.297 e. The molecule has 2 aromatic rings. The predicted octanol–water partition coefficient (Wildman–Crippen LogP) is 1.22. The molecule has 0 spiro atoms. The maximum absolute atomic E-state index is 11.8. The van der Waals surface area contributed by atoms with Crippen LogP contribution < -0.4 is 0 Å². The fourth-order valence-electron chi connectivity index (χ4n) is 1.93. The highest BCUT2D eigenvalue weighted by Crippen LogP contribution is 2.37. The second kappa shape index (κ2) is 5.39. The van der Waals surface area contributed by atoms with Gasteiger partial charge in [0, 0.05) is 12.1 Å². The van der Waals surface area contributed by atoms with E-state index >= 15 is 0 Å². The van der Waals surface area contributed by atoms with Crippen LogP contribution in [0.5, 0.6) is 11.5 Å². The number of hydrogen-bond donors (Lipinski definition) is 3. The van der Waals surface area contributed by atoms with Crippen molar-refractivity contribution in [3.05, 3.63) is 24.3 Å². The second-order valence-electron chi connectivity index (χ2n) is 4.32. The molecular weight excluding hydrogens is 336 g/mol. The summed E-state index contributed by atoms with van der Waals surface area (Å²) in [4.78, 5) is -1.05. The zero-order valence-electron chi connectivity index (χ0n) is 11.2. The van der Waals surface area contributed by atoms with Gasteiger partial charge in [0.15, 0.2) is 0 Å². The van der Waals surface area contributed by atoms with Gasteiger partial charge < -0.3 is 10.2 Å². The van der Waals surface area contributed by atoms with E-state index in [-0.39, 0.29) is 17.4 Å². The lowest BCUT2D eigenvalue weighted by molar-refractivity contribution is 0.337. The third-order valence-electron chi connectivity index (χ3n) is 2.81. The molecule has 2 aromatic carbocycles. The van der Waals surface area contributed by atoms with E-state index in [0.29, 0.717) is 0 Å². The van der Waals surface area contributed by atoms with Crippen LogP contribution in [0.25, 0.3) is 10.8 Å². The largest absolute Gasteiger partial charge is 0.507 e. The van der Waals surface area contributed by atoms with E-state index in [4.69, 9.17) is 4.55 Å². The van der Waals surface area contributed by atoms with E-state index in [1.54, 1.807) is 0 Å². The Balaban J connectivity index is 2.83. The molecule has 0 aromatic heterocycles. The minimum atomic E-state index is -4.61. The smallest absolute Gasteiger partial charge is 0.297 e. The number of fused-ring (bicyclic) bond motifs is 1. The number of aromatic hydroxyl groups is 2. The first-order valence-corrected chi connectivity index (χ1v) is 8.77. The van der Waals surface area contributed by atoms with Crippen LogP contribution in [-0.4, -0.2) is 38.2 Å². The van der Waals surface area contributed by atoms with Crippen molar-refractivity contribution in [1.82, 2.24) is 0 Å². The van der Waals surface area contributed by atoms with Crippen molar-refractivity contribution in [2.45, 2.75) is 16.7 Å². The van der Waals surface area contributed by atoms with Crippen LogP contribution in [0.1, 0.15) is 6.92 Å². The highest BCUT2D eigenvalue weighted by atomic mass is 32.2. The van der Waals surface area contributed by atoms with E-state index < -0.39 is 41.5 Å². The Morgan fingerprint density at radius 1 is 0.955 bits per heavy atom. The van der Waals surface area contributed by atoms with Crippen LogP contribution in [0.15, 0.2) is 34.1 Å². The molecule has 0 atom stereocenters. The van der Waals surface area contributed by atoms with E-state index in [0.717, 1.165) is 24.3 Å². The van der Waals surface area contributed by atoms with Crippen LogP contribution in [0.4, 0.5) is 0 Å². The van der Waals surface area contributed by atoms with Crippen molar-refractivity contribution >= 4 is 31.0 Å². The van der Waals surface area contributed by atoms with Crippen LogP contribution in [0.3, 0.4) is 0 Å². The van der Waals surface area contributed by atoms with Crippen molar-refractivity contribution in [1.29, 1.82) is 0 Å². The summed E-state index contributed by atoms with van der Waals surface area (Å²) < 4.78 is 59.5. The first-order valence-electron chi connectivity index (χ1n) is 5.93. The molecule has 120 valence electrons. The van der Waals surface area contributed by atoms with Gasteiger partial charge in [-0.3, -0.25) is 8.74 Å². The van der Waals surface area contributed by atoms with Gasteiger partial charge in [-0.1, -0.05) is 0 Å². The molecule has 2 rings (SSSR count). The molecule has 3 N–H and O–H groups in total. The SMILES string of the molecule is CCOS(=O)(=O)c1cc(O)c2c(O)cc(S(=O)(=O)O)cc2c1. The summed E-state index contributed by atoms with van der Waals surface area (Å²) in [5.41, 5.74) is 0. The lowest BCUT2D eigenvalue weighted by Gasteiger charge is -2.09. The lowest BCUT2D eigenvalue weighted by atomic mass is 10.1. The zero-order chi connectivity index (χ0) is 16.7. The summed E-state index contributed by atoms with van der Waals surface area (Å²) in [6, 6.07) is 3.57. The van der Waals surface area contributed by atoms with Crippen LogP contribution in [0.2, 0.25) is 0 Å². The molecule has 0 amide bonds. The Hall–Kier alpha value is -1.88. The molecule has 8 nitrogen and oxygen atoms in total. The number of phenolic OH excluding ortho intramolecular Hbond substituents is 2. The van der Waals surface area contributed by atoms with Crippen LogP contribution in [-0.2, 0) is 24.4 Å². The molecule has 0 aliphatic heterocycles. The average Bonchev–Trinajstić information content (AvgIpc) is 2.36. The van der Waals surface area contributed by atoms with Gasteiger partial charge in [-0.2, -0.15) is 16.8 Å². The molecular formula is C12H12O8S2. The molecule has 22 heavy (non-hydrogen) atoms. The number of hydrogen-bond acceptors (Lipinski definition) is 7. The van der Waals surface area contributed by atoms with E-state index in [1.807, 2.05) is 0 Å². The summed E-state index contributed by atoms with van der Waals surface area (Å²) in [5.74, 6) is -1.20. The number of benzene rings is 2. The summed E-state index contributed by atoms with van der Waals surface area (Å²) in [6.07, 6.45) is 0. The molecule has 0 saturated heterocycles. The standard InChI is InChI=1S/C12H12O8S2/c1-2-20-22(18,19)9-4-7-3-8(21(15,16)17)5-10(13)12(7)11(14)6-9/h3-6,13-14H,2H2,1H3,(H,15,16,17). The first kappa shape index (κ1) is 16.5. The summed E-state index contributed by atoms with van der Waals surface area (Å²) >= 11 is 0. The predicted molar refractivity (Wildman–Crippen MR) is 75.9 cm³/mol. The quantitative estimate of drug-likeness (QED) is 0.554. The van der Waals surface area contributed by atoms with E-state index in [9.17, 15) is 27.0 Å². The maximum atomic E-state index is 11.8. The van der Waals surface area contributed by atoms with Gasteiger partial charge in [0.2, 0.25) is 0 Å². The van der Waals surface area contributed by atoms with Gasteiger partial charge in [0.25, 0.3) is 20.2 Å². The van der Waals surface area contributed by atoms with Gasteiger partial charge >= 0.3 is 0 Å². The molecule has 0 saturated carbocycles. The fourth-order valence-corrected chi connectivity index (χ4v) is 3.44. The first-order chi connectivity index (χ1) is 10.1. The van der Waals surface area contributed by atoms with Gasteiger partial charge in [-0.05, 0) is 24.4 Å². The number of rotatable bonds is 4. The molecule has 0 unspecified atom stereocenters. The van der Waals surface area contributed by atoms with E-state index in [2.05, 4.69) is 4.18 Å². The highest BCUT2D eigenvalue weighted by molar-refractivity contribution is 7.86. The minimum Gasteiger partial charge on any atom is -0.507 e. The highest BCUT2D eigenvalue weighted by Gasteiger charge is 2.20. The molecule has 0 aliphatic rings. The second-order valence-corrected chi connectivity index (χ2v) is 7.36.